The van der Waals surface area contributed by atoms with E-state index in [1.165, 1.54) is 199 Å². The lowest BCUT2D eigenvalue weighted by atomic mass is 10.0. The van der Waals surface area contributed by atoms with Crippen molar-refractivity contribution in [2.24, 2.45) is 0 Å². The van der Waals surface area contributed by atoms with Crippen LogP contribution in [0.1, 0.15) is 290 Å². The van der Waals surface area contributed by atoms with E-state index in [1.54, 1.807) is 6.08 Å². The predicted molar refractivity (Wildman–Crippen MR) is 292 cm³/mol. The fourth-order valence-electron chi connectivity index (χ4n) is 8.55. The normalized spacial score (nSPS) is 13.1. The molecule has 0 fully saturated rings. The van der Waals surface area contributed by atoms with Gasteiger partial charge >= 0.3 is 5.97 Å². The molecule has 0 saturated carbocycles. The average molecular weight is 939 g/mol. The van der Waals surface area contributed by atoms with E-state index in [9.17, 15) is 19.8 Å². The molecule has 0 bridgehead atoms. The number of hydrogen-bond donors (Lipinski definition) is 3. The zero-order valence-electron chi connectivity index (χ0n) is 44.4. The van der Waals surface area contributed by atoms with Gasteiger partial charge in [0.2, 0.25) is 5.91 Å². The van der Waals surface area contributed by atoms with Gasteiger partial charge in [0.1, 0.15) is 0 Å². The Labute approximate surface area is 416 Å². The number of allylic oxidation sites excluding steroid dienone is 8. The molecule has 0 heterocycles. The van der Waals surface area contributed by atoms with Crippen molar-refractivity contribution in [1.29, 1.82) is 0 Å². The summed E-state index contributed by atoms with van der Waals surface area (Å²) >= 11 is 0. The van der Waals surface area contributed by atoms with Crippen molar-refractivity contribution in [1.82, 2.24) is 5.32 Å². The summed E-state index contributed by atoms with van der Waals surface area (Å²) in [5.41, 5.74) is 0. The second-order valence-electron chi connectivity index (χ2n) is 19.6. The van der Waals surface area contributed by atoms with Crippen LogP contribution < -0.4 is 5.32 Å². The highest BCUT2D eigenvalue weighted by Gasteiger charge is 2.18. The lowest BCUT2D eigenvalue weighted by Gasteiger charge is -2.20. The van der Waals surface area contributed by atoms with Crippen LogP contribution in [-0.4, -0.2) is 47.4 Å². The zero-order valence-corrected chi connectivity index (χ0v) is 44.4. The maximum absolute atomic E-state index is 12.5. The van der Waals surface area contributed by atoms with Crippen LogP contribution >= 0.6 is 0 Å². The SMILES string of the molecule is CCCC/C=C\C/C=C\CCCCCCCC(=O)OCC/C=C\C/C=C\CCCCCCCCCCCCCCCCC(=O)NC(CO)C(O)/C=C/CCCCCCCCCCCCCCC. The van der Waals surface area contributed by atoms with Gasteiger partial charge in [-0.25, -0.2) is 0 Å². The van der Waals surface area contributed by atoms with E-state index in [-0.39, 0.29) is 18.5 Å². The smallest absolute Gasteiger partial charge is 0.305 e. The summed E-state index contributed by atoms with van der Waals surface area (Å²) in [6.45, 7) is 4.74. The Balaban J connectivity index is 3.50. The van der Waals surface area contributed by atoms with Gasteiger partial charge in [0.25, 0.3) is 0 Å². The molecule has 0 saturated heterocycles. The standard InChI is InChI=1S/C61H111NO5/c1-3-5-7-9-11-13-15-17-26-29-33-37-41-45-49-53-59(64)58(57-63)62-60(65)54-50-46-42-38-34-30-27-24-22-20-19-21-23-25-28-32-36-40-44-48-52-56-67-61(66)55-51-47-43-39-35-31-18-16-14-12-10-8-6-4-2/h10,12,16,18,32,36,44,48-49,53,58-59,63-64H,3-9,11,13-15,17,19-31,33-35,37-43,45-47,50-52,54-57H2,1-2H3,(H,62,65)/b12-10-,18-16-,36-32-,48-44-,53-49+. The Bertz CT molecular complexity index is 1170. The fraction of sp³-hybridized carbons (Fsp3) is 0.803. The molecular weight excluding hydrogens is 827 g/mol. The van der Waals surface area contributed by atoms with Gasteiger partial charge in [-0.3, -0.25) is 9.59 Å². The largest absolute Gasteiger partial charge is 0.465 e. The number of aliphatic hydroxyl groups excluding tert-OH is 2. The first-order valence-corrected chi connectivity index (χ1v) is 29.1. The van der Waals surface area contributed by atoms with Crippen molar-refractivity contribution in [3.63, 3.8) is 0 Å². The molecular formula is C61H111NO5. The van der Waals surface area contributed by atoms with E-state index in [2.05, 4.69) is 67.8 Å². The number of ether oxygens (including phenoxy) is 1. The maximum Gasteiger partial charge on any atom is 0.305 e. The van der Waals surface area contributed by atoms with Crippen LogP contribution in [0.3, 0.4) is 0 Å². The van der Waals surface area contributed by atoms with Crippen molar-refractivity contribution >= 4 is 11.9 Å². The molecule has 1 amide bonds. The second kappa shape index (κ2) is 56.2. The number of unbranched alkanes of at least 4 members (excludes halogenated alkanes) is 34. The first-order chi connectivity index (χ1) is 33.0. The first-order valence-electron chi connectivity index (χ1n) is 29.1. The van der Waals surface area contributed by atoms with E-state index >= 15 is 0 Å². The second-order valence-corrected chi connectivity index (χ2v) is 19.6. The third kappa shape index (κ3) is 52.8. The molecule has 0 aromatic heterocycles. The number of aliphatic hydroxyl groups is 2. The minimum atomic E-state index is -0.849. The van der Waals surface area contributed by atoms with Gasteiger partial charge in [0, 0.05) is 12.8 Å². The molecule has 6 heteroatoms. The van der Waals surface area contributed by atoms with Crippen LogP contribution in [0.4, 0.5) is 0 Å². The summed E-state index contributed by atoms with van der Waals surface area (Å²) in [7, 11) is 0. The Kier molecular flexibility index (Phi) is 54.1. The predicted octanol–water partition coefficient (Wildman–Crippen LogP) is 18.0. The highest BCUT2D eigenvalue weighted by molar-refractivity contribution is 5.76. The van der Waals surface area contributed by atoms with Crippen LogP contribution in [0.2, 0.25) is 0 Å². The van der Waals surface area contributed by atoms with Crippen LogP contribution in [-0.2, 0) is 14.3 Å². The minimum absolute atomic E-state index is 0.0513. The molecule has 0 aliphatic rings. The summed E-state index contributed by atoms with van der Waals surface area (Å²) < 4.78 is 5.40. The summed E-state index contributed by atoms with van der Waals surface area (Å²) in [6.07, 6.45) is 72.6. The molecule has 0 aliphatic carbocycles. The zero-order chi connectivity index (χ0) is 48.6. The molecule has 2 atom stereocenters. The number of rotatable bonds is 53. The van der Waals surface area contributed by atoms with E-state index in [0.29, 0.717) is 19.4 Å². The lowest BCUT2D eigenvalue weighted by molar-refractivity contribution is -0.143. The Hall–Kier alpha value is -2.44. The van der Waals surface area contributed by atoms with Crippen molar-refractivity contribution in [3.05, 3.63) is 60.8 Å². The van der Waals surface area contributed by atoms with E-state index in [4.69, 9.17) is 4.74 Å². The molecule has 0 radical (unpaired) electrons. The first kappa shape index (κ1) is 64.6. The molecule has 0 aliphatic heterocycles. The number of esters is 1. The molecule has 0 aromatic carbocycles. The number of carbonyl (C=O) groups is 2. The van der Waals surface area contributed by atoms with Gasteiger partial charge in [0.05, 0.1) is 25.4 Å². The van der Waals surface area contributed by atoms with Gasteiger partial charge in [-0.15, -0.1) is 0 Å². The van der Waals surface area contributed by atoms with Gasteiger partial charge in [0.15, 0.2) is 0 Å². The molecule has 6 nitrogen and oxygen atoms in total. The fourth-order valence-corrected chi connectivity index (χ4v) is 8.55. The molecule has 67 heavy (non-hydrogen) atoms. The van der Waals surface area contributed by atoms with Gasteiger partial charge in [-0.1, -0.05) is 261 Å². The monoisotopic (exact) mass is 938 g/mol. The third-order valence-electron chi connectivity index (χ3n) is 13.0. The Morgan fingerprint density at radius 1 is 0.418 bits per heavy atom. The number of nitrogens with one attached hydrogen (secondary N) is 1. The van der Waals surface area contributed by atoms with Gasteiger partial charge in [-0.05, 0) is 77.0 Å². The maximum atomic E-state index is 12.5. The molecule has 0 aromatic rings. The van der Waals surface area contributed by atoms with E-state index in [1.807, 2.05) is 6.08 Å². The molecule has 390 valence electrons. The Morgan fingerprint density at radius 3 is 1.18 bits per heavy atom. The third-order valence-corrected chi connectivity index (χ3v) is 13.0. The number of hydrogen-bond acceptors (Lipinski definition) is 5. The number of carbonyl (C=O) groups excluding carboxylic acids is 2. The molecule has 3 N–H and O–H groups in total. The average Bonchev–Trinajstić information content (AvgIpc) is 3.33. The Morgan fingerprint density at radius 2 is 0.761 bits per heavy atom. The summed E-state index contributed by atoms with van der Waals surface area (Å²) in [5, 5.41) is 23.1. The van der Waals surface area contributed by atoms with E-state index < -0.39 is 12.1 Å². The number of amides is 1. The highest BCUT2D eigenvalue weighted by Crippen LogP contribution is 2.16. The molecule has 0 spiro atoms. The van der Waals surface area contributed by atoms with Crippen molar-refractivity contribution in [2.75, 3.05) is 13.2 Å². The van der Waals surface area contributed by atoms with Crippen LogP contribution in [0.15, 0.2) is 60.8 Å². The van der Waals surface area contributed by atoms with Gasteiger partial charge in [-0.2, -0.15) is 0 Å². The van der Waals surface area contributed by atoms with Crippen LogP contribution in [0, 0.1) is 0 Å². The highest BCUT2D eigenvalue weighted by atomic mass is 16.5. The van der Waals surface area contributed by atoms with Crippen LogP contribution in [0.25, 0.3) is 0 Å². The van der Waals surface area contributed by atoms with Crippen molar-refractivity contribution < 1.29 is 24.5 Å². The van der Waals surface area contributed by atoms with E-state index in [0.717, 1.165) is 64.2 Å². The van der Waals surface area contributed by atoms with Crippen molar-refractivity contribution in [2.45, 2.75) is 302 Å². The summed E-state index contributed by atoms with van der Waals surface area (Å²) in [6, 6.07) is -0.633. The topological polar surface area (TPSA) is 95.9 Å². The molecule has 0 rings (SSSR count). The lowest BCUT2D eigenvalue weighted by Crippen LogP contribution is -2.45. The van der Waals surface area contributed by atoms with Crippen molar-refractivity contribution in [3.8, 4) is 0 Å². The van der Waals surface area contributed by atoms with Crippen LogP contribution in [0.5, 0.6) is 0 Å². The minimum Gasteiger partial charge on any atom is -0.465 e. The summed E-state index contributed by atoms with van der Waals surface area (Å²) in [5.74, 6) is -0.125. The molecule has 2 unspecified atom stereocenters. The quantitative estimate of drug-likeness (QED) is 0.0321. The summed E-state index contributed by atoms with van der Waals surface area (Å²) in [4.78, 5) is 24.5. The van der Waals surface area contributed by atoms with Gasteiger partial charge < -0.3 is 20.3 Å².